The summed E-state index contributed by atoms with van der Waals surface area (Å²) in [4.78, 5) is 13.7. The molecule has 1 rings (SSSR count). The van der Waals surface area contributed by atoms with Crippen LogP contribution in [0.2, 0.25) is 0 Å². The molecule has 5 unspecified atom stereocenters. The van der Waals surface area contributed by atoms with Crippen LogP contribution in [0.15, 0.2) is 5.11 Å². The average Bonchev–Trinajstić information content (AvgIpc) is 2.21. The molecule has 1 fully saturated rings. The first-order valence-corrected chi connectivity index (χ1v) is 5.34. The number of carbonyl (C=O) groups excluding carboxylic acids is 1. The third kappa shape index (κ3) is 2.65. The molecular formula is C10H17N3O3. The molecule has 16 heavy (non-hydrogen) atoms. The number of azide groups is 1. The van der Waals surface area contributed by atoms with Crippen molar-refractivity contribution in [1.82, 2.24) is 0 Å². The van der Waals surface area contributed by atoms with Crippen LogP contribution >= 0.6 is 0 Å². The second-order valence-electron chi connectivity index (χ2n) is 4.23. The summed E-state index contributed by atoms with van der Waals surface area (Å²) in [6.45, 7) is 7.25. The van der Waals surface area contributed by atoms with E-state index >= 15 is 0 Å². The highest BCUT2D eigenvalue weighted by atomic mass is 16.6. The molecule has 0 amide bonds. The van der Waals surface area contributed by atoms with E-state index in [1.54, 1.807) is 0 Å². The average molecular weight is 227 g/mol. The Hall–Kier alpha value is -1.26. The van der Waals surface area contributed by atoms with E-state index in [1.165, 1.54) is 6.92 Å². The van der Waals surface area contributed by atoms with Crippen LogP contribution in [0, 0.1) is 11.8 Å². The molecule has 0 spiro atoms. The Morgan fingerprint density at radius 3 is 2.50 bits per heavy atom. The molecule has 0 aromatic heterocycles. The van der Waals surface area contributed by atoms with Crippen LogP contribution in [-0.4, -0.2) is 24.4 Å². The maximum absolute atomic E-state index is 11.0. The lowest BCUT2D eigenvalue weighted by atomic mass is 9.83. The summed E-state index contributed by atoms with van der Waals surface area (Å²) in [5.41, 5.74) is 8.45. The molecule has 6 nitrogen and oxygen atoms in total. The normalized spacial score (nSPS) is 38.6. The van der Waals surface area contributed by atoms with E-state index in [-0.39, 0.29) is 23.9 Å². The second kappa shape index (κ2) is 5.18. The SMILES string of the molecule is CC(=O)OC1C(N=[N+]=[N-])OC(C)C(C)C1C. The van der Waals surface area contributed by atoms with Crippen molar-refractivity contribution in [3.05, 3.63) is 10.4 Å². The Bertz CT molecular complexity index is 314. The van der Waals surface area contributed by atoms with E-state index in [0.29, 0.717) is 0 Å². The molecule has 0 aliphatic carbocycles. The van der Waals surface area contributed by atoms with Gasteiger partial charge in [-0.3, -0.25) is 4.79 Å². The Morgan fingerprint density at radius 1 is 1.38 bits per heavy atom. The predicted octanol–water partition coefficient (Wildman–Crippen LogP) is 2.25. The topological polar surface area (TPSA) is 84.3 Å². The molecule has 6 heteroatoms. The molecule has 5 atom stereocenters. The first-order chi connectivity index (χ1) is 7.47. The third-order valence-corrected chi connectivity index (χ3v) is 3.19. The van der Waals surface area contributed by atoms with Gasteiger partial charge in [-0.15, -0.1) is 0 Å². The largest absolute Gasteiger partial charge is 0.459 e. The van der Waals surface area contributed by atoms with Crippen molar-refractivity contribution in [3.8, 4) is 0 Å². The molecule has 0 radical (unpaired) electrons. The molecule has 0 bridgehead atoms. The van der Waals surface area contributed by atoms with Gasteiger partial charge in [0, 0.05) is 17.8 Å². The van der Waals surface area contributed by atoms with Gasteiger partial charge in [-0.05, 0) is 18.4 Å². The Kier molecular flexibility index (Phi) is 4.15. The monoisotopic (exact) mass is 227 g/mol. The number of carbonyl (C=O) groups is 1. The summed E-state index contributed by atoms with van der Waals surface area (Å²) < 4.78 is 10.7. The van der Waals surface area contributed by atoms with Crippen molar-refractivity contribution >= 4 is 5.97 Å². The van der Waals surface area contributed by atoms with Crippen LogP contribution in [0.25, 0.3) is 10.4 Å². The van der Waals surface area contributed by atoms with Gasteiger partial charge in [-0.2, -0.15) is 0 Å². The Labute approximate surface area is 94.5 Å². The molecule has 1 aliphatic rings. The first-order valence-electron chi connectivity index (χ1n) is 5.34. The lowest BCUT2D eigenvalue weighted by Crippen LogP contribution is -2.49. The van der Waals surface area contributed by atoms with Crippen molar-refractivity contribution in [2.75, 3.05) is 0 Å². The number of hydrogen-bond donors (Lipinski definition) is 0. The van der Waals surface area contributed by atoms with Crippen LogP contribution in [-0.2, 0) is 14.3 Å². The van der Waals surface area contributed by atoms with Crippen LogP contribution in [0.1, 0.15) is 27.7 Å². The van der Waals surface area contributed by atoms with Crippen molar-refractivity contribution < 1.29 is 14.3 Å². The van der Waals surface area contributed by atoms with Crippen LogP contribution in [0.5, 0.6) is 0 Å². The van der Waals surface area contributed by atoms with Crippen LogP contribution < -0.4 is 0 Å². The molecular weight excluding hydrogens is 210 g/mol. The summed E-state index contributed by atoms with van der Waals surface area (Å²) in [7, 11) is 0. The minimum absolute atomic E-state index is 0.0164. The van der Waals surface area contributed by atoms with E-state index in [0.717, 1.165) is 0 Å². The fourth-order valence-corrected chi connectivity index (χ4v) is 1.91. The van der Waals surface area contributed by atoms with E-state index in [4.69, 9.17) is 15.0 Å². The zero-order valence-electron chi connectivity index (χ0n) is 9.95. The maximum Gasteiger partial charge on any atom is 0.303 e. The summed E-state index contributed by atoms with van der Waals surface area (Å²) in [5.74, 6) is -0.0435. The predicted molar refractivity (Wildman–Crippen MR) is 57.4 cm³/mol. The molecule has 0 saturated carbocycles. The standard InChI is InChI=1S/C10H17N3O3/c1-5-6(2)9(16-8(4)14)10(12-13-11)15-7(5)3/h5-7,9-10H,1-4H3. The minimum atomic E-state index is -0.727. The molecule has 1 heterocycles. The van der Waals surface area contributed by atoms with Gasteiger partial charge in [-0.25, -0.2) is 0 Å². The van der Waals surface area contributed by atoms with Crippen LogP contribution in [0.3, 0.4) is 0 Å². The van der Waals surface area contributed by atoms with E-state index in [9.17, 15) is 4.79 Å². The summed E-state index contributed by atoms with van der Waals surface area (Å²) in [6.07, 6.45) is -1.24. The number of nitrogens with zero attached hydrogens (tertiary/aromatic N) is 3. The third-order valence-electron chi connectivity index (χ3n) is 3.19. The van der Waals surface area contributed by atoms with Gasteiger partial charge in [-0.1, -0.05) is 19.0 Å². The molecule has 0 aromatic rings. The van der Waals surface area contributed by atoms with Crippen molar-refractivity contribution in [1.29, 1.82) is 0 Å². The maximum atomic E-state index is 11.0. The van der Waals surface area contributed by atoms with Gasteiger partial charge in [0.05, 0.1) is 6.10 Å². The van der Waals surface area contributed by atoms with Gasteiger partial charge in [0.15, 0.2) is 6.23 Å². The van der Waals surface area contributed by atoms with Gasteiger partial charge in [0.25, 0.3) is 0 Å². The minimum Gasteiger partial charge on any atom is -0.459 e. The lowest BCUT2D eigenvalue weighted by Gasteiger charge is -2.41. The first kappa shape index (κ1) is 12.8. The summed E-state index contributed by atoms with van der Waals surface area (Å²) in [5, 5.41) is 3.53. The molecule has 90 valence electrons. The van der Waals surface area contributed by atoms with E-state index in [1.807, 2.05) is 20.8 Å². The second-order valence-corrected chi connectivity index (χ2v) is 4.23. The quantitative estimate of drug-likeness (QED) is 0.314. The van der Waals surface area contributed by atoms with Crippen molar-refractivity contribution in [2.24, 2.45) is 17.0 Å². The number of hydrogen-bond acceptors (Lipinski definition) is 4. The summed E-state index contributed by atoms with van der Waals surface area (Å²) in [6, 6.07) is 0. The molecule has 1 aliphatic heterocycles. The molecule has 0 N–H and O–H groups in total. The Balaban J connectivity index is 2.87. The van der Waals surface area contributed by atoms with Gasteiger partial charge in [0.1, 0.15) is 6.10 Å². The fraction of sp³-hybridized carbons (Fsp3) is 0.900. The van der Waals surface area contributed by atoms with Gasteiger partial charge in [0.2, 0.25) is 0 Å². The van der Waals surface area contributed by atoms with Gasteiger partial charge >= 0.3 is 5.97 Å². The van der Waals surface area contributed by atoms with E-state index in [2.05, 4.69) is 10.0 Å². The Morgan fingerprint density at radius 2 is 2.00 bits per heavy atom. The highest BCUT2D eigenvalue weighted by molar-refractivity contribution is 5.66. The zero-order chi connectivity index (χ0) is 12.3. The lowest BCUT2D eigenvalue weighted by molar-refractivity contribution is -0.189. The number of esters is 1. The highest BCUT2D eigenvalue weighted by Crippen LogP contribution is 2.33. The number of rotatable bonds is 2. The van der Waals surface area contributed by atoms with Gasteiger partial charge < -0.3 is 9.47 Å². The smallest absolute Gasteiger partial charge is 0.303 e. The molecule has 0 aromatic carbocycles. The van der Waals surface area contributed by atoms with Crippen molar-refractivity contribution in [3.63, 3.8) is 0 Å². The zero-order valence-corrected chi connectivity index (χ0v) is 9.95. The molecule has 1 saturated heterocycles. The van der Waals surface area contributed by atoms with Crippen molar-refractivity contribution in [2.45, 2.75) is 46.1 Å². The van der Waals surface area contributed by atoms with E-state index < -0.39 is 12.3 Å². The summed E-state index contributed by atoms with van der Waals surface area (Å²) >= 11 is 0. The number of ether oxygens (including phenoxy) is 2. The van der Waals surface area contributed by atoms with Crippen LogP contribution in [0.4, 0.5) is 0 Å². The highest BCUT2D eigenvalue weighted by Gasteiger charge is 2.41. The fourth-order valence-electron chi connectivity index (χ4n) is 1.91.